The molecule has 0 fully saturated rings. The second-order valence-electron chi connectivity index (χ2n) is 8.17. The number of non-ortho nitro benzene ring substituents is 1. The Morgan fingerprint density at radius 1 is 0.943 bits per heavy atom. The largest absolute Gasteiger partial charge is 0.342 e. The van der Waals surface area contributed by atoms with Crippen molar-refractivity contribution < 1.29 is 9.72 Å². The van der Waals surface area contributed by atoms with E-state index in [0.29, 0.717) is 6.54 Å². The van der Waals surface area contributed by atoms with Crippen LogP contribution in [0.5, 0.6) is 0 Å². The fourth-order valence-corrected chi connectivity index (χ4v) is 4.36. The fourth-order valence-electron chi connectivity index (χ4n) is 4.36. The minimum absolute atomic E-state index is 0.0847. The van der Waals surface area contributed by atoms with E-state index in [4.69, 9.17) is 0 Å². The van der Waals surface area contributed by atoms with Crippen molar-refractivity contribution >= 4 is 39.2 Å². The van der Waals surface area contributed by atoms with E-state index in [9.17, 15) is 20.2 Å². The van der Waals surface area contributed by atoms with E-state index in [-0.39, 0.29) is 16.8 Å². The lowest BCUT2D eigenvalue weighted by molar-refractivity contribution is -0.384. The van der Waals surface area contributed by atoms with Crippen molar-refractivity contribution in [2.24, 2.45) is 0 Å². The van der Waals surface area contributed by atoms with Crippen LogP contribution < -0.4 is 0 Å². The van der Waals surface area contributed by atoms with Crippen LogP contribution in [0.15, 0.2) is 103 Å². The molecule has 0 saturated heterocycles. The first-order valence-electron chi connectivity index (χ1n) is 11.0. The molecule has 0 amide bonds. The Labute approximate surface area is 201 Å². The summed E-state index contributed by atoms with van der Waals surface area (Å²) in [5.74, 6) is -0.554. The molecule has 0 unspecified atom stereocenters. The highest BCUT2D eigenvalue weighted by molar-refractivity contribution is 6.15. The summed E-state index contributed by atoms with van der Waals surface area (Å²) in [7, 11) is 0. The van der Waals surface area contributed by atoms with Crippen LogP contribution in [-0.4, -0.2) is 15.3 Å². The van der Waals surface area contributed by atoms with Gasteiger partial charge in [-0.2, -0.15) is 5.26 Å². The fraction of sp³-hybridized carbons (Fsp3) is 0.0345. The highest BCUT2D eigenvalue weighted by Crippen LogP contribution is 2.27. The number of nitro benzene ring substituents is 1. The minimum atomic E-state index is -0.562. The molecule has 1 heterocycles. The zero-order chi connectivity index (χ0) is 24.4. The van der Waals surface area contributed by atoms with Crippen molar-refractivity contribution in [3.05, 3.63) is 130 Å². The van der Waals surface area contributed by atoms with Gasteiger partial charge >= 0.3 is 0 Å². The first-order valence-corrected chi connectivity index (χ1v) is 11.0. The maximum atomic E-state index is 13.0. The van der Waals surface area contributed by atoms with Crippen molar-refractivity contribution in [2.45, 2.75) is 6.54 Å². The van der Waals surface area contributed by atoms with Gasteiger partial charge in [-0.1, -0.05) is 72.8 Å². The number of nitriles is 1. The summed E-state index contributed by atoms with van der Waals surface area (Å²) in [5, 5.41) is 24.1. The van der Waals surface area contributed by atoms with Crippen molar-refractivity contribution in [3.63, 3.8) is 0 Å². The molecular weight excluding hydrogens is 438 g/mol. The third-order valence-corrected chi connectivity index (χ3v) is 6.02. The number of fused-ring (bicyclic) bond motifs is 2. The van der Waals surface area contributed by atoms with Gasteiger partial charge in [-0.3, -0.25) is 14.9 Å². The first kappa shape index (κ1) is 21.8. The van der Waals surface area contributed by atoms with E-state index in [1.165, 1.54) is 29.7 Å². The van der Waals surface area contributed by atoms with Gasteiger partial charge in [-0.05, 0) is 28.5 Å². The number of nitrogens with zero attached hydrogens (tertiary/aromatic N) is 3. The molecule has 0 aliphatic rings. The maximum absolute atomic E-state index is 13.0. The number of ketones is 1. The Hall–Kier alpha value is -5.02. The van der Waals surface area contributed by atoms with Crippen LogP contribution >= 0.6 is 0 Å². The third kappa shape index (κ3) is 4.19. The van der Waals surface area contributed by atoms with Gasteiger partial charge in [-0.25, -0.2) is 0 Å². The average molecular weight is 457 g/mol. The molecule has 5 aromatic rings. The van der Waals surface area contributed by atoms with Gasteiger partial charge in [0.05, 0.1) is 4.92 Å². The van der Waals surface area contributed by atoms with Crippen LogP contribution in [0, 0.1) is 21.4 Å². The smallest absolute Gasteiger partial charge is 0.270 e. The van der Waals surface area contributed by atoms with Crippen molar-refractivity contribution in [2.75, 3.05) is 0 Å². The van der Waals surface area contributed by atoms with Crippen LogP contribution in [-0.2, 0) is 6.54 Å². The molecule has 168 valence electrons. The molecule has 4 aromatic carbocycles. The second kappa shape index (κ2) is 9.08. The number of benzene rings is 4. The SMILES string of the molecule is N#CC(=Cc1cn(Cc2cccc3ccccc23)c2ccccc12)C(=O)c1cccc([N+](=O)[O-])c1. The lowest BCUT2D eigenvalue weighted by Gasteiger charge is -2.09. The number of aromatic nitrogens is 1. The summed E-state index contributed by atoms with van der Waals surface area (Å²) < 4.78 is 2.11. The molecule has 35 heavy (non-hydrogen) atoms. The molecule has 0 saturated carbocycles. The average Bonchev–Trinajstić information content (AvgIpc) is 3.24. The molecule has 0 N–H and O–H groups in total. The number of carbonyl (C=O) groups is 1. The third-order valence-electron chi connectivity index (χ3n) is 6.02. The molecule has 0 aliphatic heterocycles. The summed E-state index contributed by atoms with van der Waals surface area (Å²) >= 11 is 0. The molecule has 1 aromatic heterocycles. The van der Waals surface area contributed by atoms with Gasteiger partial charge in [-0.15, -0.1) is 0 Å². The summed E-state index contributed by atoms with van der Waals surface area (Å²) in [6.45, 7) is 0.621. The molecule has 5 rings (SSSR count). The molecule has 6 heteroatoms. The summed E-state index contributed by atoms with van der Waals surface area (Å²) in [4.78, 5) is 23.6. The highest BCUT2D eigenvalue weighted by atomic mass is 16.6. The lowest BCUT2D eigenvalue weighted by Crippen LogP contribution is -2.02. The number of hydrogen-bond donors (Lipinski definition) is 0. The monoisotopic (exact) mass is 457 g/mol. The van der Waals surface area contributed by atoms with Gasteiger partial charge in [0.1, 0.15) is 11.6 Å². The predicted molar refractivity (Wildman–Crippen MR) is 136 cm³/mol. The predicted octanol–water partition coefficient (Wildman–Crippen LogP) is 6.54. The van der Waals surface area contributed by atoms with Crippen LogP contribution in [0.25, 0.3) is 27.8 Å². The second-order valence-corrected chi connectivity index (χ2v) is 8.17. The van der Waals surface area contributed by atoms with Gasteiger partial charge in [0.15, 0.2) is 0 Å². The van der Waals surface area contributed by atoms with Gasteiger partial charge in [0, 0.05) is 46.9 Å². The van der Waals surface area contributed by atoms with Crippen LogP contribution in [0.4, 0.5) is 5.69 Å². The number of Topliss-reactive ketones (excluding diaryl/α,β-unsaturated/α-hetero) is 1. The standard InChI is InChI=1S/C29H19N3O3/c30-17-23(29(33)21-9-6-11-25(16-21)32(34)35)15-24-19-31(28-14-4-3-13-27(24)28)18-22-10-5-8-20-7-1-2-12-26(20)22/h1-16,19H,18H2. The molecule has 0 bridgehead atoms. The van der Waals surface area contributed by atoms with Gasteiger partial charge in [0.25, 0.3) is 5.69 Å². The lowest BCUT2D eigenvalue weighted by atomic mass is 10.0. The number of carbonyl (C=O) groups excluding carboxylic acids is 1. The van der Waals surface area contributed by atoms with E-state index < -0.39 is 10.7 Å². The number of hydrogen-bond acceptors (Lipinski definition) is 4. The van der Waals surface area contributed by atoms with E-state index in [2.05, 4.69) is 28.8 Å². The van der Waals surface area contributed by atoms with Crippen LogP contribution in [0.3, 0.4) is 0 Å². The molecular formula is C29H19N3O3. The Kier molecular flexibility index (Phi) is 5.66. The van der Waals surface area contributed by atoms with Crippen molar-refractivity contribution in [1.82, 2.24) is 4.57 Å². The van der Waals surface area contributed by atoms with E-state index in [1.54, 1.807) is 6.08 Å². The number of para-hydroxylation sites is 1. The molecule has 0 atom stereocenters. The van der Waals surface area contributed by atoms with E-state index in [0.717, 1.165) is 27.4 Å². The Morgan fingerprint density at radius 2 is 1.66 bits per heavy atom. The number of allylic oxidation sites excluding steroid dienone is 1. The summed E-state index contributed by atoms with van der Waals surface area (Å²) in [6.07, 6.45) is 3.49. The number of rotatable bonds is 6. The molecule has 0 aliphatic carbocycles. The Balaban J connectivity index is 1.57. The Bertz CT molecular complexity index is 1680. The Morgan fingerprint density at radius 3 is 2.46 bits per heavy atom. The zero-order valence-corrected chi connectivity index (χ0v) is 18.6. The number of nitro groups is 1. The topological polar surface area (TPSA) is 88.9 Å². The van der Waals surface area contributed by atoms with Crippen molar-refractivity contribution in [3.8, 4) is 6.07 Å². The molecule has 6 nitrogen and oxygen atoms in total. The minimum Gasteiger partial charge on any atom is -0.342 e. The first-order chi connectivity index (χ1) is 17.0. The highest BCUT2D eigenvalue weighted by Gasteiger charge is 2.17. The van der Waals surface area contributed by atoms with Crippen molar-refractivity contribution in [1.29, 1.82) is 5.26 Å². The summed E-state index contributed by atoms with van der Waals surface area (Å²) in [6, 6.07) is 29.7. The molecule has 0 radical (unpaired) electrons. The summed E-state index contributed by atoms with van der Waals surface area (Å²) in [5.41, 5.74) is 2.69. The zero-order valence-electron chi connectivity index (χ0n) is 18.6. The van der Waals surface area contributed by atoms with Gasteiger partial charge in [0.2, 0.25) is 5.78 Å². The van der Waals surface area contributed by atoms with E-state index in [1.807, 2.05) is 54.7 Å². The van der Waals surface area contributed by atoms with Crippen LogP contribution in [0.2, 0.25) is 0 Å². The maximum Gasteiger partial charge on any atom is 0.270 e. The molecule has 0 spiro atoms. The van der Waals surface area contributed by atoms with Gasteiger partial charge < -0.3 is 4.57 Å². The quantitative estimate of drug-likeness (QED) is 0.0952. The normalized spacial score (nSPS) is 11.5. The van der Waals surface area contributed by atoms with E-state index >= 15 is 0 Å². The van der Waals surface area contributed by atoms with Crippen LogP contribution in [0.1, 0.15) is 21.5 Å².